The molecule has 0 spiro atoms. The maximum atomic E-state index is 11.8. The molecule has 0 unspecified atom stereocenters. The molecule has 1 aliphatic heterocycles. The van der Waals surface area contributed by atoms with Crippen LogP contribution in [0.4, 0.5) is 0 Å². The van der Waals surface area contributed by atoms with Crippen LogP contribution in [0.2, 0.25) is 0 Å². The van der Waals surface area contributed by atoms with Crippen LogP contribution in [0, 0.1) is 0 Å². The van der Waals surface area contributed by atoms with E-state index in [1.54, 1.807) is 0 Å². The van der Waals surface area contributed by atoms with Crippen LogP contribution in [0.25, 0.3) is 0 Å². The maximum Gasteiger partial charge on any atom is 1.00 e. The van der Waals surface area contributed by atoms with Gasteiger partial charge in [-0.1, -0.05) is 0 Å². The van der Waals surface area contributed by atoms with Crippen LogP contribution in [0.15, 0.2) is 21.9 Å². The second kappa shape index (κ2) is 11.0. The van der Waals surface area contributed by atoms with Gasteiger partial charge in [0, 0.05) is 12.3 Å². The average molecular weight is 412 g/mol. The first-order valence-electron chi connectivity index (χ1n) is 6.70. The summed E-state index contributed by atoms with van der Waals surface area (Å²) >= 11 is 0. The van der Waals surface area contributed by atoms with E-state index in [1.807, 2.05) is 4.98 Å². The third kappa shape index (κ3) is 6.61. The first kappa shape index (κ1) is 26.6. The molecule has 1 fully saturated rings. The Morgan fingerprint density at radius 2 is 2.00 bits per heavy atom. The fraction of sp³-hybridized carbons (Fsp3) is 0.636. The summed E-state index contributed by atoms with van der Waals surface area (Å²) in [6, 6.07) is 0.979. The Labute approximate surface area is 190 Å². The molecule has 136 valence electrons. The van der Waals surface area contributed by atoms with E-state index in [-0.39, 0.29) is 59.1 Å². The van der Waals surface area contributed by atoms with Crippen molar-refractivity contribution in [2.24, 2.45) is 0 Å². The van der Waals surface area contributed by atoms with Crippen molar-refractivity contribution in [2.45, 2.75) is 30.6 Å². The Balaban J connectivity index is 0.00000312. The summed E-state index contributed by atoms with van der Waals surface area (Å²) in [4.78, 5) is 46.2. The molecule has 5 atom stereocenters. The Morgan fingerprint density at radius 1 is 1.38 bits per heavy atom. The third-order valence-corrected chi connectivity index (χ3v) is 3.83. The number of H-pyrrole nitrogens is 1. The SMILES string of the molecule is O=c1ccn([C@@H]2O[C@@H]([C@H](O)CO)[C@H](OCP(=O)([O-])[O-])[C@H]2O)c(=O)[nH]1.[Na+].[Na+]. The maximum absolute atomic E-state index is 11.8. The Hall–Kier alpha value is 0.630. The van der Waals surface area contributed by atoms with Gasteiger partial charge >= 0.3 is 64.8 Å². The average Bonchev–Trinajstić information content (AvgIpc) is 2.80. The fourth-order valence-electron chi connectivity index (χ4n) is 2.32. The van der Waals surface area contributed by atoms with Gasteiger partial charge in [0.1, 0.15) is 24.4 Å². The van der Waals surface area contributed by atoms with Gasteiger partial charge in [-0.15, -0.1) is 0 Å². The summed E-state index contributed by atoms with van der Waals surface area (Å²) in [6.45, 7) is -0.809. The summed E-state index contributed by atoms with van der Waals surface area (Å²) in [7, 11) is -5.07. The Kier molecular flexibility index (Phi) is 11.2. The first-order valence-corrected chi connectivity index (χ1v) is 8.43. The second-order valence-corrected chi connectivity index (χ2v) is 6.60. The minimum atomic E-state index is -5.07. The van der Waals surface area contributed by atoms with Crippen LogP contribution in [-0.4, -0.2) is 62.2 Å². The van der Waals surface area contributed by atoms with Crippen LogP contribution >= 0.6 is 7.60 Å². The number of ether oxygens (including phenoxy) is 2. The summed E-state index contributed by atoms with van der Waals surface area (Å²) in [5.41, 5.74) is -1.62. The molecule has 0 saturated carbocycles. The summed E-state index contributed by atoms with van der Waals surface area (Å²) in [5, 5.41) is 28.9. The smallest absolute Gasteiger partial charge is 0.809 e. The molecule has 1 aromatic heterocycles. The van der Waals surface area contributed by atoms with E-state index in [1.165, 1.54) is 0 Å². The number of aromatic nitrogens is 2. The van der Waals surface area contributed by atoms with Gasteiger partial charge in [-0.2, -0.15) is 0 Å². The number of nitrogens with zero attached hydrogens (tertiary/aromatic N) is 1. The van der Waals surface area contributed by atoms with Crippen molar-refractivity contribution in [1.82, 2.24) is 9.55 Å². The van der Waals surface area contributed by atoms with Crippen molar-refractivity contribution >= 4 is 7.60 Å². The van der Waals surface area contributed by atoms with Crippen molar-refractivity contribution in [3.63, 3.8) is 0 Å². The number of nitrogens with one attached hydrogen (secondary N) is 1. The molecule has 0 radical (unpaired) electrons. The van der Waals surface area contributed by atoms with E-state index in [9.17, 15) is 34.2 Å². The topological polar surface area (TPSA) is 197 Å². The molecular formula is C11H15N2Na2O10P. The van der Waals surface area contributed by atoms with E-state index >= 15 is 0 Å². The van der Waals surface area contributed by atoms with Crippen LogP contribution in [-0.2, 0) is 14.0 Å². The van der Waals surface area contributed by atoms with E-state index in [2.05, 4.69) is 0 Å². The molecule has 2 heterocycles. The Bertz CT molecular complexity index is 736. The van der Waals surface area contributed by atoms with Crippen molar-refractivity contribution in [1.29, 1.82) is 0 Å². The summed E-state index contributed by atoms with van der Waals surface area (Å²) < 4.78 is 21.6. The zero-order chi connectivity index (χ0) is 18.1. The number of hydrogen-bond acceptors (Lipinski definition) is 10. The van der Waals surface area contributed by atoms with E-state index in [0.29, 0.717) is 0 Å². The zero-order valence-electron chi connectivity index (χ0n) is 14.0. The normalized spacial score (nSPS) is 26.7. The van der Waals surface area contributed by atoms with Crippen molar-refractivity contribution in [2.75, 3.05) is 13.0 Å². The molecule has 1 aromatic rings. The Morgan fingerprint density at radius 3 is 2.50 bits per heavy atom. The molecule has 1 saturated heterocycles. The first-order chi connectivity index (χ1) is 11.1. The molecule has 0 aromatic carbocycles. The van der Waals surface area contributed by atoms with Crippen LogP contribution in [0.3, 0.4) is 0 Å². The van der Waals surface area contributed by atoms with Gasteiger partial charge in [0.25, 0.3) is 5.56 Å². The second-order valence-electron chi connectivity index (χ2n) is 5.12. The van der Waals surface area contributed by atoms with Crippen LogP contribution in [0.1, 0.15) is 6.23 Å². The molecule has 0 bridgehead atoms. The van der Waals surface area contributed by atoms with Gasteiger partial charge < -0.3 is 39.1 Å². The van der Waals surface area contributed by atoms with Gasteiger partial charge in [-0.3, -0.25) is 14.3 Å². The van der Waals surface area contributed by atoms with Crippen LogP contribution < -0.4 is 80.2 Å². The van der Waals surface area contributed by atoms with Crippen molar-refractivity contribution < 1.29 is 98.3 Å². The fourth-order valence-corrected chi connectivity index (χ4v) is 2.67. The molecular weight excluding hydrogens is 397 g/mol. The largest absolute Gasteiger partial charge is 1.00 e. The van der Waals surface area contributed by atoms with Gasteiger partial charge in [-0.25, -0.2) is 4.79 Å². The molecule has 4 N–H and O–H groups in total. The molecule has 0 aliphatic carbocycles. The number of aliphatic hydroxyl groups is 3. The standard InChI is InChI=1S/C11H17N2O10P.2Na/c14-3-5(15)8-9(22-4-24(19,20)21)7(17)10(23-8)13-2-1-6(16)12-11(13)18;;/h1-2,5,7-10,14-15,17H,3-4H2,(H,12,16,18)(H2,19,20,21);;/q;2*+1/p-2/t5-,7-,8+,9-,10-;;/m1../s1. The number of hydrogen-bond donors (Lipinski definition) is 4. The monoisotopic (exact) mass is 412 g/mol. The number of rotatable bonds is 6. The summed E-state index contributed by atoms with van der Waals surface area (Å²) in [5.74, 6) is 0. The van der Waals surface area contributed by atoms with E-state index in [0.717, 1.165) is 16.8 Å². The van der Waals surface area contributed by atoms with Crippen LogP contribution in [0.5, 0.6) is 0 Å². The predicted octanol–water partition coefficient (Wildman–Crippen LogP) is -10.6. The molecule has 0 amide bonds. The minimum Gasteiger partial charge on any atom is -0.809 e. The molecule has 12 nitrogen and oxygen atoms in total. The van der Waals surface area contributed by atoms with Gasteiger partial charge in [-0.05, 0) is 7.60 Å². The molecule has 26 heavy (non-hydrogen) atoms. The zero-order valence-corrected chi connectivity index (χ0v) is 18.9. The van der Waals surface area contributed by atoms with Gasteiger partial charge in [0.05, 0.1) is 13.0 Å². The van der Waals surface area contributed by atoms with Gasteiger partial charge in [0.15, 0.2) is 6.23 Å². The number of aromatic amines is 1. The van der Waals surface area contributed by atoms with Gasteiger partial charge in [0.2, 0.25) is 0 Å². The van der Waals surface area contributed by atoms with E-state index < -0.39 is 62.4 Å². The third-order valence-electron chi connectivity index (χ3n) is 3.37. The quantitative estimate of drug-likeness (QED) is 0.257. The minimum absolute atomic E-state index is 0. The van der Waals surface area contributed by atoms with E-state index in [4.69, 9.17) is 14.6 Å². The molecule has 2 rings (SSSR count). The molecule has 1 aliphatic rings. The molecule has 15 heteroatoms. The summed E-state index contributed by atoms with van der Waals surface area (Å²) in [6.07, 6.45) is -7.86. The van der Waals surface area contributed by atoms with Crippen molar-refractivity contribution in [3.05, 3.63) is 33.1 Å². The number of aliphatic hydroxyl groups excluding tert-OH is 3. The van der Waals surface area contributed by atoms with Crippen molar-refractivity contribution in [3.8, 4) is 0 Å². The predicted molar refractivity (Wildman–Crippen MR) is 71.7 cm³/mol.